The highest BCUT2D eigenvalue weighted by atomic mass is 32.1. The van der Waals surface area contributed by atoms with Crippen LogP contribution in [0.25, 0.3) is 0 Å². The second kappa shape index (κ2) is 7.05. The van der Waals surface area contributed by atoms with Crippen LogP contribution in [0.5, 0.6) is 6.01 Å². The van der Waals surface area contributed by atoms with Crippen LogP contribution in [0.1, 0.15) is 36.2 Å². The predicted molar refractivity (Wildman–Crippen MR) is 91.6 cm³/mol. The van der Waals surface area contributed by atoms with Crippen molar-refractivity contribution in [1.82, 2.24) is 19.9 Å². The summed E-state index contributed by atoms with van der Waals surface area (Å²) in [6, 6.07) is 2.19. The Bertz CT molecular complexity index is 702. The highest BCUT2D eigenvalue weighted by Crippen LogP contribution is 2.36. The predicted octanol–water partition coefficient (Wildman–Crippen LogP) is 2.17. The molecule has 2 aromatic heterocycles. The lowest BCUT2D eigenvalue weighted by molar-refractivity contribution is -0.136. The first-order valence-corrected chi connectivity index (χ1v) is 9.43. The van der Waals surface area contributed by atoms with E-state index in [1.165, 1.54) is 11.3 Å². The Labute approximate surface area is 150 Å². The maximum absolute atomic E-state index is 12.4. The van der Waals surface area contributed by atoms with Gasteiger partial charge in [0, 0.05) is 43.7 Å². The average molecular weight is 360 g/mol. The molecule has 0 aliphatic carbocycles. The van der Waals surface area contributed by atoms with E-state index in [2.05, 4.69) is 15.0 Å². The molecular weight excluding hydrogens is 340 g/mol. The van der Waals surface area contributed by atoms with Crippen molar-refractivity contribution >= 4 is 17.2 Å². The van der Waals surface area contributed by atoms with Crippen molar-refractivity contribution in [2.45, 2.75) is 37.4 Å². The second-order valence-electron chi connectivity index (χ2n) is 6.46. The molecule has 1 atom stereocenters. The number of carbonyl (C=O) groups is 1. The van der Waals surface area contributed by atoms with E-state index in [1.54, 1.807) is 29.4 Å². The Hall–Kier alpha value is -2.06. The van der Waals surface area contributed by atoms with Crippen LogP contribution in [0.2, 0.25) is 0 Å². The van der Waals surface area contributed by atoms with E-state index >= 15 is 0 Å². The summed E-state index contributed by atoms with van der Waals surface area (Å²) in [6.07, 6.45) is 6.69. The molecule has 2 aliphatic heterocycles. The summed E-state index contributed by atoms with van der Waals surface area (Å²) >= 11 is 1.44. The number of rotatable bonds is 3. The first-order chi connectivity index (χ1) is 12.2. The Morgan fingerprint density at radius 2 is 2.08 bits per heavy atom. The van der Waals surface area contributed by atoms with E-state index in [0.717, 1.165) is 25.7 Å². The Morgan fingerprint density at radius 1 is 1.28 bits per heavy atom. The number of ether oxygens (including phenoxy) is 2. The van der Waals surface area contributed by atoms with Crippen LogP contribution in [0.15, 0.2) is 29.4 Å². The normalized spacial score (nSPS) is 22.7. The fourth-order valence-corrected chi connectivity index (χ4v) is 4.05. The molecule has 8 heteroatoms. The summed E-state index contributed by atoms with van der Waals surface area (Å²) in [5.41, 5.74) is 2.01. The number of amides is 1. The number of hydrogen-bond donors (Lipinski definition) is 0. The summed E-state index contributed by atoms with van der Waals surface area (Å²) in [5, 5.41) is 1.80. The molecule has 0 radical (unpaired) electrons. The fraction of sp³-hybridized carbons (Fsp3) is 0.529. The van der Waals surface area contributed by atoms with Crippen LogP contribution in [-0.2, 0) is 4.74 Å². The van der Waals surface area contributed by atoms with Gasteiger partial charge in [-0.05, 0) is 18.9 Å². The Kier molecular flexibility index (Phi) is 4.63. The summed E-state index contributed by atoms with van der Waals surface area (Å²) in [6.45, 7) is 2.04. The zero-order valence-electron chi connectivity index (χ0n) is 13.8. The van der Waals surface area contributed by atoms with Gasteiger partial charge in [-0.25, -0.2) is 15.0 Å². The first kappa shape index (κ1) is 16.4. The maximum atomic E-state index is 12.4. The molecular formula is C17H20N4O3S. The molecule has 0 bridgehead atoms. The van der Waals surface area contributed by atoms with Crippen LogP contribution in [0.4, 0.5) is 0 Å². The molecule has 2 saturated heterocycles. The Balaban J connectivity index is 1.36. The van der Waals surface area contributed by atoms with Crippen LogP contribution in [0.3, 0.4) is 0 Å². The van der Waals surface area contributed by atoms with E-state index in [4.69, 9.17) is 9.47 Å². The molecule has 1 unspecified atom stereocenters. The maximum Gasteiger partial charge on any atom is 0.316 e. The van der Waals surface area contributed by atoms with Gasteiger partial charge in [-0.3, -0.25) is 4.79 Å². The lowest BCUT2D eigenvalue weighted by Crippen LogP contribution is -2.52. The first-order valence-electron chi connectivity index (χ1n) is 8.49. The number of thiazole rings is 1. The van der Waals surface area contributed by atoms with E-state index in [9.17, 15) is 4.79 Å². The van der Waals surface area contributed by atoms with E-state index < -0.39 is 0 Å². The van der Waals surface area contributed by atoms with Gasteiger partial charge in [0.15, 0.2) is 0 Å². The molecule has 0 aromatic carbocycles. The second-order valence-corrected chi connectivity index (χ2v) is 7.18. The molecule has 1 amide bonds. The molecule has 1 spiro atoms. The van der Waals surface area contributed by atoms with Gasteiger partial charge in [-0.15, -0.1) is 11.3 Å². The van der Waals surface area contributed by atoms with Gasteiger partial charge in [0.05, 0.1) is 17.7 Å². The minimum Gasteiger partial charge on any atom is -0.460 e. The van der Waals surface area contributed by atoms with Crippen molar-refractivity contribution in [3.63, 3.8) is 0 Å². The third-order valence-corrected chi connectivity index (χ3v) is 5.46. The lowest BCUT2D eigenvalue weighted by Gasteiger charge is -2.45. The molecule has 7 nitrogen and oxygen atoms in total. The monoisotopic (exact) mass is 360 g/mol. The van der Waals surface area contributed by atoms with Crippen molar-refractivity contribution in [2.75, 3.05) is 19.7 Å². The van der Waals surface area contributed by atoms with Gasteiger partial charge in [0.1, 0.15) is 11.8 Å². The number of aromatic nitrogens is 3. The molecule has 2 fully saturated rings. The van der Waals surface area contributed by atoms with Crippen LogP contribution in [0, 0.1) is 0 Å². The van der Waals surface area contributed by atoms with Crippen LogP contribution in [-0.4, -0.2) is 57.2 Å². The number of likely N-dealkylation sites (tertiary alicyclic amines) is 1. The largest absolute Gasteiger partial charge is 0.460 e. The topological polar surface area (TPSA) is 77.4 Å². The molecule has 25 heavy (non-hydrogen) atoms. The van der Waals surface area contributed by atoms with Crippen molar-refractivity contribution in [1.29, 1.82) is 0 Å². The van der Waals surface area contributed by atoms with Crippen LogP contribution < -0.4 is 4.74 Å². The highest BCUT2D eigenvalue weighted by Gasteiger charge is 2.42. The molecule has 0 saturated carbocycles. The lowest BCUT2D eigenvalue weighted by atomic mass is 9.83. The standard InChI is InChI=1S/C17H20N4O3S/c22-15(14-11-25-12-20-14)21-7-3-17(4-8-21)10-13(2-9-23-17)24-16-18-5-1-6-19-16/h1,5-6,11-13H,2-4,7-10H2. The van der Waals surface area contributed by atoms with E-state index in [-0.39, 0.29) is 17.6 Å². The van der Waals surface area contributed by atoms with Crippen molar-refractivity contribution in [3.8, 4) is 6.01 Å². The molecule has 4 heterocycles. The quantitative estimate of drug-likeness (QED) is 0.835. The third-order valence-electron chi connectivity index (χ3n) is 4.88. The van der Waals surface area contributed by atoms with Gasteiger partial charge in [0.25, 0.3) is 5.91 Å². The summed E-state index contributed by atoms with van der Waals surface area (Å²) in [7, 11) is 0. The van der Waals surface area contributed by atoms with Crippen molar-refractivity contribution in [3.05, 3.63) is 35.0 Å². The van der Waals surface area contributed by atoms with Gasteiger partial charge in [0.2, 0.25) is 0 Å². The van der Waals surface area contributed by atoms with Crippen LogP contribution >= 0.6 is 11.3 Å². The van der Waals surface area contributed by atoms with E-state index in [1.807, 2.05) is 4.90 Å². The molecule has 2 aromatic rings. The van der Waals surface area contributed by atoms with Gasteiger partial charge in [-0.2, -0.15) is 0 Å². The SMILES string of the molecule is O=C(c1cscn1)N1CCC2(CC1)CC(Oc1ncccn1)CCO2. The highest BCUT2D eigenvalue weighted by molar-refractivity contribution is 7.07. The number of carbonyl (C=O) groups excluding carboxylic acids is 1. The average Bonchev–Trinajstić information content (AvgIpc) is 3.18. The summed E-state index contributed by atoms with van der Waals surface area (Å²) in [4.78, 5) is 26.7. The summed E-state index contributed by atoms with van der Waals surface area (Å²) < 4.78 is 12.0. The number of hydrogen-bond acceptors (Lipinski definition) is 7. The minimum absolute atomic E-state index is 0.0115. The molecule has 4 rings (SSSR count). The van der Waals surface area contributed by atoms with Gasteiger partial charge >= 0.3 is 6.01 Å². The minimum atomic E-state index is -0.212. The van der Waals surface area contributed by atoms with Crippen molar-refractivity contribution < 1.29 is 14.3 Å². The number of nitrogens with zero attached hydrogens (tertiary/aromatic N) is 4. The Morgan fingerprint density at radius 3 is 2.80 bits per heavy atom. The zero-order chi connectivity index (χ0) is 17.1. The zero-order valence-corrected chi connectivity index (χ0v) is 14.7. The van der Waals surface area contributed by atoms with Gasteiger partial charge in [-0.1, -0.05) is 0 Å². The molecule has 0 N–H and O–H groups in total. The van der Waals surface area contributed by atoms with E-state index in [0.29, 0.717) is 31.4 Å². The molecule has 2 aliphatic rings. The molecule has 132 valence electrons. The smallest absolute Gasteiger partial charge is 0.316 e. The van der Waals surface area contributed by atoms with Gasteiger partial charge < -0.3 is 14.4 Å². The fourth-order valence-electron chi connectivity index (χ4n) is 3.52. The number of piperidine rings is 1. The van der Waals surface area contributed by atoms with Crippen molar-refractivity contribution in [2.24, 2.45) is 0 Å². The summed E-state index contributed by atoms with van der Waals surface area (Å²) in [5.74, 6) is 0.0115. The third kappa shape index (κ3) is 3.64.